The van der Waals surface area contributed by atoms with Crippen LogP contribution in [0.5, 0.6) is 0 Å². The molecule has 0 atom stereocenters. The number of benzene rings is 10. The van der Waals surface area contributed by atoms with E-state index in [2.05, 4.69) is 89.4 Å². The number of anilines is 3. The summed E-state index contributed by atoms with van der Waals surface area (Å²) in [6.07, 6.45) is 2.12. The van der Waals surface area contributed by atoms with Crippen molar-refractivity contribution in [1.82, 2.24) is 0 Å². The third kappa shape index (κ3) is 27.6. The highest BCUT2D eigenvalue weighted by Crippen LogP contribution is 2.32. The van der Waals surface area contributed by atoms with E-state index in [0.717, 1.165) is 107 Å². The molecule has 0 aliphatic carbocycles. The topological polar surface area (TPSA) is 305 Å². The highest BCUT2D eigenvalue weighted by Gasteiger charge is 2.22. The molecule has 19 nitrogen and oxygen atoms in total. The third-order valence-corrected chi connectivity index (χ3v) is 18.2. The average molecular weight is 1780 g/mol. The standard InChI is InChI=1S/C25H20BrNO3.C16H11Br2NO.C16H13BrN2O.C11H11BrO3.C8H7ClO2.C6H7N3O2/c26-21-8-4-7-19(13-21)24-15-22(28)14-20-11-18(9-10-23(20)27-24)12-25(29)30-16-17-5-2-1-3-6-17;2*17-12-3-1-2-10(6-12)16-9-14(20)8-11-7-13(18)4-5-15(11)19-16;1-2-15-11(14)7-10(13)8-4-3-5-9(12)6-8;9-8(10)11-6-7-4-2-1-3-5-7;7-5-2-1-4(9(10)11)3-6(5)8/h1-11,13H,12,14-16H2;1-7H,8-9H2;1-7H,8-9,18H2;3-6H,2,7H2,1H3;1-5H,6H2;1-3H,7-8H2. The number of ketones is 4. The summed E-state index contributed by atoms with van der Waals surface area (Å²) >= 11 is 22.0. The first-order valence-corrected chi connectivity index (χ1v) is 37.3. The number of nitro benzene ring substituents is 1. The predicted molar refractivity (Wildman–Crippen MR) is 437 cm³/mol. The van der Waals surface area contributed by atoms with Gasteiger partial charge >= 0.3 is 17.4 Å². The number of carbonyl (C=O) groups excluding carboxylic acids is 7. The average Bonchev–Trinajstić information content (AvgIpc) is 1.73. The number of rotatable bonds is 14. The maximum atomic E-state index is 12.5. The monoisotopic (exact) mass is 1770 g/mol. The lowest BCUT2D eigenvalue weighted by Gasteiger charge is -2.08. The minimum absolute atomic E-state index is 0.0447. The first kappa shape index (κ1) is 82.4. The van der Waals surface area contributed by atoms with Crippen LogP contribution in [0.25, 0.3) is 0 Å². The number of Topliss-reactive ketones (excluding diaryl/α,β-unsaturated/α-hetero) is 4. The van der Waals surface area contributed by atoms with Crippen LogP contribution in [-0.4, -0.2) is 69.2 Å². The molecule has 10 aromatic carbocycles. The van der Waals surface area contributed by atoms with Crippen molar-refractivity contribution in [2.24, 2.45) is 15.0 Å². The lowest BCUT2D eigenvalue weighted by atomic mass is 10.0. The molecule has 0 amide bonds. The van der Waals surface area contributed by atoms with E-state index in [-0.39, 0.29) is 66.5 Å². The Bertz CT molecular complexity index is 4880. The number of nitrogen functional groups attached to an aromatic ring is 3. The number of esters is 2. The zero-order valence-electron chi connectivity index (χ0n) is 57.4. The van der Waals surface area contributed by atoms with Crippen molar-refractivity contribution in [3.05, 3.63) is 319 Å². The highest BCUT2D eigenvalue weighted by atomic mass is 79.9. The van der Waals surface area contributed by atoms with Crippen LogP contribution in [0.4, 0.5) is 44.6 Å². The fourth-order valence-electron chi connectivity index (χ4n) is 10.6. The summed E-state index contributed by atoms with van der Waals surface area (Å²) < 4.78 is 19.3. The van der Waals surface area contributed by atoms with E-state index < -0.39 is 16.3 Å². The van der Waals surface area contributed by atoms with Gasteiger partial charge in [-0.25, -0.2) is 4.79 Å². The van der Waals surface area contributed by atoms with Gasteiger partial charge in [0.2, 0.25) is 0 Å². The van der Waals surface area contributed by atoms with Crippen LogP contribution in [0.3, 0.4) is 0 Å². The lowest BCUT2D eigenvalue weighted by Crippen LogP contribution is -2.11. The number of hydrogen-bond donors (Lipinski definition) is 3. The van der Waals surface area contributed by atoms with Gasteiger partial charge in [-0.05, 0) is 154 Å². The maximum absolute atomic E-state index is 12.5. The van der Waals surface area contributed by atoms with Crippen molar-refractivity contribution in [2.45, 2.75) is 71.5 Å². The van der Waals surface area contributed by atoms with Gasteiger partial charge in [0.25, 0.3) is 5.69 Å². The van der Waals surface area contributed by atoms with Gasteiger partial charge < -0.3 is 31.4 Å². The Morgan fingerprint density at radius 1 is 0.439 bits per heavy atom. The predicted octanol–water partition coefficient (Wildman–Crippen LogP) is 19.8. The van der Waals surface area contributed by atoms with E-state index in [9.17, 15) is 43.7 Å². The van der Waals surface area contributed by atoms with Gasteiger partial charge in [-0.1, -0.05) is 201 Å². The van der Waals surface area contributed by atoms with Gasteiger partial charge in [0.1, 0.15) is 37.0 Å². The van der Waals surface area contributed by atoms with Gasteiger partial charge in [-0.15, -0.1) is 0 Å². The van der Waals surface area contributed by atoms with E-state index in [1.54, 1.807) is 25.1 Å². The summed E-state index contributed by atoms with van der Waals surface area (Å²) in [4.78, 5) is 106. The molecular weight excluding hydrogens is 1710 g/mol. The largest absolute Gasteiger partial charge is 0.466 e. The number of hydrogen-bond acceptors (Lipinski definition) is 18. The number of aliphatic imine (C=N–C) groups is 3. The van der Waals surface area contributed by atoms with Gasteiger partial charge in [0, 0.05) is 95.9 Å². The summed E-state index contributed by atoms with van der Waals surface area (Å²) in [6, 6.07) is 70.4. The summed E-state index contributed by atoms with van der Waals surface area (Å²) in [5.41, 5.74) is 30.6. The van der Waals surface area contributed by atoms with Crippen LogP contribution >= 0.6 is 91.3 Å². The van der Waals surface area contributed by atoms with Crippen molar-refractivity contribution < 1.29 is 52.7 Å². The molecule has 3 aliphatic rings. The Morgan fingerprint density at radius 3 is 1.34 bits per heavy atom. The summed E-state index contributed by atoms with van der Waals surface area (Å²) in [6.45, 7) is 2.50. The molecule has 25 heteroatoms. The molecule has 0 saturated heterocycles. The second-order valence-electron chi connectivity index (χ2n) is 23.8. The number of fused-ring (bicyclic) bond motifs is 3. The second-order valence-corrected chi connectivity index (χ2v) is 28.7. The molecule has 546 valence electrons. The molecule has 10 aromatic rings. The first-order valence-electron chi connectivity index (χ1n) is 33.0. The molecule has 0 saturated carbocycles. The third-order valence-electron chi connectivity index (χ3n) is 15.6. The van der Waals surface area contributed by atoms with Gasteiger partial charge in [-0.2, -0.15) is 0 Å². The molecule has 0 spiro atoms. The molecule has 6 N–H and O–H groups in total. The van der Waals surface area contributed by atoms with Gasteiger partial charge in [-0.3, -0.25) is 53.9 Å². The highest BCUT2D eigenvalue weighted by molar-refractivity contribution is 9.11. The van der Waals surface area contributed by atoms with Crippen LogP contribution in [0.2, 0.25) is 0 Å². The van der Waals surface area contributed by atoms with Crippen LogP contribution < -0.4 is 17.2 Å². The van der Waals surface area contributed by atoms with Crippen LogP contribution in [0.15, 0.2) is 268 Å². The first-order chi connectivity index (χ1) is 51.3. The quantitative estimate of drug-likeness (QED) is 0.0133. The molecule has 0 aromatic heterocycles. The molecule has 0 bridgehead atoms. The Kier molecular flexibility index (Phi) is 32.1. The van der Waals surface area contributed by atoms with E-state index in [1.807, 2.05) is 194 Å². The van der Waals surface area contributed by atoms with Crippen molar-refractivity contribution >= 4 is 189 Å². The maximum Gasteiger partial charge on any atom is 0.404 e. The summed E-state index contributed by atoms with van der Waals surface area (Å²) in [5.74, 6) is -0.542. The molecule has 13 rings (SSSR count). The zero-order valence-corrected chi connectivity index (χ0v) is 66.1. The summed E-state index contributed by atoms with van der Waals surface area (Å²) in [7, 11) is 0. The minimum atomic E-state index is -0.770. The molecule has 0 fully saturated rings. The van der Waals surface area contributed by atoms with Crippen LogP contribution in [0, 0.1) is 10.1 Å². The normalized spacial score (nSPS) is 12.4. The SMILES string of the molecule is CCOC(=O)CC(=O)c1cccc(Br)c1.Nc1ccc([N+](=O)[O-])cc1N.Nc1ccc2c(c1)CC(=O)CC(c1cccc(Br)c1)=N2.O=C(Cl)OCc1ccccc1.O=C1CC(c2cccc(Br)c2)=Nc2ccc(Br)cc2C1.O=C1CC(c2cccc(Br)c2)=Nc2ccc(CC(=O)OCc3ccccc3)cc2C1. The van der Waals surface area contributed by atoms with Crippen molar-refractivity contribution in [3.63, 3.8) is 0 Å². The van der Waals surface area contributed by atoms with Crippen molar-refractivity contribution in [1.29, 1.82) is 0 Å². The number of halogens is 6. The molecule has 0 unspecified atom stereocenters. The van der Waals surface area contributed by atoms with E-state index in [1.165, 1.54) is 18.2 Å². The van der Waals surface area contributed by atoms with E-state index in [0.29, 0.717) is 62.1 Å². The van der Waals surface area contributed by atoms with Gasteiger partial charge in [0.05, 0.1) is 63.5 Å². The van der Waals surface area contributed by atoms with E-state index >= 15 is 0 Å². The smallest absolute Gasteiger partial charge is 0.404 e. The number of nitrogens with zero attached hydrogens (tertiary/aromatic N) is 4. The number of nitro groups is 1. The number of nitrogens with two attached hydrogens (primary N) is 3. The molecule has 0 radical (unpaired) electrons. The number of non-ortho nitro benzene ring substituents is 1. The minimum Gasteiger partial charge on any atom is -0.466 e. The summed E-state index contributed by atoms with van der Waals surface area (Å²) in [5, 5.41) is 10.2. The van der Waals surface area contributed by atoms with Crippen LogP contribution in [0.1, 0.15) is 93.0 Å². The van der Waals surface area contributed by atoms with Crippen molar-refractivity contribution in [3.8, 4) is 0 Å². The Labute approximate surface area is 664 Å². The lowest BCUT2D eigenvalue weighted by molar-refractivity contribution is -0.384. The number of ether oxygens (including phenoxy) is 3. The Balaban J connectivity index is 0.000000168. The molecule has 3 aliphatic heterocycles. The van der Waals surface area contributed by atoms with Gasteiger partial charge in [0.15, 0.2) is 5.78 Å². The second kappa shape index (κ2) is 41.6. The van der Waals surface area contributed by atoms with Crippen molar-refractivity contribution in [2.75, 3.05) is 23.8 Å². The zero-order chi connectivity index (χ0) is 76.9. The number of carbonyl (C=O) groups is 7. The molecular formula is C82H69Br5ClN7O12. The Hall–Kier alpha value is -10.2. The molecule has 107 heavy (non-hydrogen) atoms. The Morgan fingerprint density at radius 2 is 0.879 bits per heavy atom. The fourth-order valence-corrected chi connectivity index (χ4v) is 12.6. The van der Waals surface area contributed by atoms with Crippen LogP contribution in [-0.2, 0) is 77.1 Å². The fraction of sp³-hybridized carbons (Fsp3) is 0.146. The van der Waals surface area contributed by atoms with E-state index in [4.69, 9.17) is 48.3 Å². The molecule has 3 heterocycles.